The molecule has 0 saturated carbocycles. The van der Waals surface area contributed by atoms with Gasteiger partial charge in [0.05, 0.1) is 0 Å². The summed E-state index contributed by atoms with van der Waals surface area (Å²) in [5.74, 6) is 0. The third-order valence-corrected chi connectivity index (χ3v) is 3.97. The topological polar surface area (TPSA) is 49.6 Å². The second-order valence-electron chi connectivity index (χ2n) is 5.79. The number of benzene rings is 2. The number of nitrogens with zero attached hydrogens (tertiary/aromatic N) is 2. The van der Waals surface area contributed by atoms with Gasteiger partial charge in [-0.3, -0.25) is 4.90 Å². The minimum Gasteiger partial charge on any atom is -0.399 e. The first-order valence-electron chi connectivity index (χ1n) is 7.61. The second-order valence-corrected chi connectivity index (χ2v) is 5.79. The first kappa shape index (κ1) is 14.4. The Bertz CT molecular complexity index is 666. The number of urea groups is 1. The number of rotatable bonds is 3. The molecule has 0 aliphatic carbocycles. The Hall–Kier alpha value is -2.49. The summed E-state index contributed by atoms with van der Waals surface area (Å²) in [5.41, 5.74) is 9.74. The molecule has 4 heteroatoms. The molecule has 0 unspecified atom stereocenters. The van der Waals surface area contributed by atoms with Crippen LogP contribution in [0.15, 0.2) is 48.5 Å². The van der Waals surface area contributed by atoms with Crippen LogP contribution in [0.3, 0.4) is 0 Å². The molecule has 0 aromatic heterocycles. The normalized spacial score (nSPS) is 15.2. The number of carbonyl (C=O) groups excluding carboxylic acids is 1. The third kappa shape index (κ3) is 3.06. The van der Waals surface area contributed by atoms with Crippen molar-refractivity contribution in [3.05, 3.63) is 59.7 Å². The van der Waals surface area contributed by atoms with E-state index in [4.69, 9.17) is 5.73 Å². The van der Waals surface area contributed by atoms with E-state index in [9.17, 15) is 4.79 Å². The predicted octanol–water partition coefficient (Wildman–Crippen LogP) is 3.41. The van der Waals surface area contributed by atoms with Gasteiger partial charge in [0.15, 0.2) is 0 Å². The molecule has 1 aliphatic rings. The number of aryl methyl sites for hydroxylation is 1. The fraction of sp³-hybridized carbons (Fsp3) is 0.278. The van der Waals surface area contributed by atoms with Crippen molar-refractivity contribution < 1.29 is 4.79 Å². The van der Waals surface area contributed by atoms with E-state index in [-0.39, 0.29) is 6.03 Å². The highest BCUT2D eigenvalue weighted by atomic mass is 16.2. The Labute approximate surface area is 131 Å². The predicted molar refractivity (Wildman–Crippen MR) is 89.8 cm³/mol. The largest absolute Gasteiger partial charge is 0.399 e. The van der Waals surface area contributed by atoms with Gasteiger partial charge < -0.3 is 10.6 Å². The van der Waals surface area contributed by atoms with E-state index in [0.717, 1.165) is 25.2 Å². The Morgan fingerprint density at radius 2 is 1.86 bits per heavy atom. The van der Waals surface area contributed by atoms with Gasteiger partial charge in [-0.15, -0.1) is 0 Å². The summed E-state index contributed by atoms with van der Waals surface area (Å²) in [6.07, 6.45) is 0.974. The average Bonchev–Trinajstić information content (AvgIpc) is 2.51. The van der Waals surface area contributed by atoms with Crippen LogP contribution < -0.4 is 10.6 Å². The Balaban J connectivity index is 1.76. The van der Waals surface area contributed by atoms with E-state index < -0.39 is 0 Å². The lowest BCUT2D eigenvalue weighted by Crippen LogP contribution is -2.49. The summed E-state index contributed by atoms with van der Waals surface area (Å²) in [4.78, 5) is 16.5. The number of nitrogens with two attached hydrogens (primary N) is 1. The molecule has 22 heavy (non-hydrogen) atoms. The minimum atomic E-state index is 0.0672. The molecule has 3 rings (SSSR count). The average molecular weight is 295 g/mol. The molecule has 114 valence electrons. The minimum absolute atomic E-state index is 0.0672. The van der Waals surface area contributed by atoms with Gasteiger partial charge in [-0.05, 0) is 43.2 Å². The van der Waals surface area contributed by atoms with E-state index in [2.05, 4.69) is 25.1 Å². The molecule has 1 heterocycles. The quantitative estimate of drug-likeness (QED) is 0.882. The van der Waals surface area contributed by atoms with Crippen LogP contribution in [0.1, 0.15) is 17.5 Å². The highest BCUT2D eigenvalue weighted by Gasteiger charge is 2.26. The van der Waals surface area contributed by atoms with Crippen molar-refractivity contribution in [1.82, 2.24) is 4.90 Å². The molecule has 1 saturated heterocycles. The molecule has 1 fully saturated rings. The summed E-state index contributed by atoms with van der Waals surface area (Å²) in [6, 6.07) is 15.9. The number of hydrogen-bond acceptors (Lipinski definition) is 2. The SMILES string of the molecule is Cc1cccc(CN2CCCN(c3ccc(N)cc3)C2=O)c1. The van der Waals surface area contributed by atoms with E-state index in [1.807, 2.05) is 40.1 Å². The molecule has 2 amide bonds. The van der Waals surface area contributed by atoms with Crippen molar-refractivity contribution in [2.75, 3.05) is 23.7 Å². The van der Waals surface area contributed by atoms with Crippen LogP contribution >= 0.6 is 0 Å². The van der Waals surface area contributed by atoms with Crippen molar-refractivity contribution in [2.45, 2.75) is 19.9 Å². The zero-order valence-electron chi connectivity index (χ0n) is 12.8. The van der Waals surface area contributed by atoms with Crippen molar-refractivity contribution in [1.29, 1.82) is 0 Å². The molecular formula is C18H21N3O. The Morgan fingerprint density at radius 1 is 1.09 bits per heavy atom. The van der Waals surface area contributed by atoms with Gasteiger partial charge in [0.1, 0.15) is 0 Å². The summed E-state index contributed by atoms with van der Waals surface area (Å²) in [6.45, 7) is 4.29. The number of hydrogen-bond donors (Lipinski definition) is 1. The highest BCUT2D eigenvalue weighted by molar-refractivity contribution is 5.92. The smallest absolute Gasteiger partial charge is 0.324 e. The van der Waals surface area contributed by atoms with Crippen LogP contribution in [0, 0.1) is 6.92 Å². The van der Waals surface area contributed by atoms with Crippen LogP contribution in [0.5, 0.6) is 0 Å². The van der Waals surface area contributed by atoms with Crippen LogP contribution in [0.4, 0.5) is 16.2 Å². The Kier molecular flexibility index (Phi) is 4.00. The molecule has 0 spiro atoms. The molecule has 0 atom stereocenters. The van der Waals surface area contributed by atoms with Crippen molar-refractivity contribution in [3.63, 3.8) is 0 Å². The fourth-order valence-corrected chi connectivity index (χ4v) is 2.85. The molecular weight excluding hydrogens is 274 g/mol. The van der Waals surface area contributed by atoms with Crippen LogP contribution in [-0.2, 0) is 6.54 Å². The maximum absolute atomic E-state index is 12.7. The van der Waals surface area contributed by atoms with Crippen LogP contribution in [-0.4, -0.2) is 24.0 Å². The third-order valence-electron chi connectivity index (χ3n) is 3.97. The monoisotopic (exact) mass is 295 g/mol. The van der Waals surface area contributed by atoms with Crippen LogP contribution in [0.25, 0.3) is 0 Å². The van der Waals surface area contributed by atoms with E-state index in [1.54, 1.807) is 0 Å². The van der Waals surface area contributed by atoms with Crippen molar-refractivity contribution in [2.24, 2.45) is 0 Å². The van der Waals surface area contributed by atoms with Gasteiger partial charge in [-0.2, -0.15) is 0 Å². The number of carbonyl (C=O) groups is 1. The standard InChI is InChI=1S/C18H21N3O/c1-14-4-2-5-15(12-14)13-20-10-3-11-21(18(20)22)17-8-6-16(19)7-9-17/h2,4-9,12H,3,10-11,13,19H2,1H3. The van der Waals surface area contributed by atoms with Gasteiger partial charge in [-0.25, -0.2) is 4.79 Å². The molecule has 0 radical (unpaired) electrons. The first-order valence-corrected chi connectivity index (χ1v) is 7.61. The molecule has 1 aliphatic heterocycles. The number of anilines is 2. The van der Waals surface area contributed by atoms with E-state index >= 15 is 0 Å². The van der Waals surface area contributed by atoms with Crippen molar-refractivity contribution in [3.8, 4) is 0 Å². The van der Waals surface area contributed by atoms with Gasteiger partial charge in [-0.1, -0.05) is 29.8 Å². The molecule has 4 nitrogen and oxygen atoms in total. The summed E-state index contributed by atoms with van der Waals surface area (Å²) < 4.78 is 0. The summed E-state index contributed by atoms with van der Waals surface area (Å²) in [7, 11) is 0. The van der Waals surface area contributed by atoms with Crippen molar-refractivity contribution >= 4 is 17.4 Å². The maximum atomic E-state index is 12.7. The lowest BCUT2D eigenvalue weighted by molar-refractivity contribution is 0.192. The summed E-state index contributed by atoms with van der Waals surface area (Å²) in [5, 5.41) is 0. The molecule has 0 bridgehead atoms. The number of nitrogen functional groups attached to an aromatic ring is 1. The van der Waals surface area contributed by atoms with Gasteiger partial charge in [0.25, 0.3) is 0 Å². The van der Waals surface area contributed by atoms with E-state index in [1.165, 1.54) is 11.1 Å². The first-order chi connectivity index (χ1) is 10.6. The van der Waals surface area contributed by atoms with Crippen LogP contribution in [0.2, 0.25) is 0 Å². The molecule has 2 aromatic rings. The lowest BCUT2D eigenvalue weighted by Gasteiger charge is -2.35. The highest BCUT2D eigenvalue weighted by Crippen LogP contribution is 2.22. The molecule has 2 aromatic carbocycles. The Morgan fingerprint density at radius 3 is 2.59 bits per heavy atom. The summed E-state index contributed by atoms with van der Waals surface area (Å²) >= 11 is 0. The lowest BCUT2D eigenvalue weighted by atomic mass is 10.1. The van der Waals surface area contributed by atoms with Gasteiger partial charge >= 0.3 is 6.03 Å². The van der Waals surface area contributed by atoms with Gasteiger partial charge in [0.2, 0.25) is 0 Å². The number of amides is 2. The zero-order chi connectivity index (χ0) is 15.5. The second kappa shape index (κ2) is 6.10. The zero-order valence-corrected chi connectivity index (χ0v) is 12.8. The molecule has 2 N–H and O–H groups in total. The van der Waals surface area contributed by atoms with Gasteiger partial charge in [0, 0.05) is 31.0 Å². The van der Waals surface area contributed by atoms with E-state index in [0.29, 0.717) is 12.2 Å². The fourth-order valence-electron chi connectivity index (χ4n) is 2.85. The maximum Gasteiger partial charge on any atom is 0.324 e.